The SMILES string of the molecule is CCc1ccc(CN)cc1S(=O)(=O)NCC1CCCCO1. The Labute approximate surface area is 126 Å². The molecule has 21 heavy (non-hydrogen) atoms. The molecule has 0 bridgehead atoms. The van der Waals surface area contributed by atoms with E-state index in [1.807, 2.05) is 19.1 Å². The van der Waals surface area contributed by atoms with Crippen molar-refractivity contribution in [3.63, 3.8) is 0 Å². The maximum atomic E-state index is 12.5. The third-order valence-electron chi connectivity index (χ3n) is 3.81. The molecule has 1 unspecified atom stereocenters. The van der Waals surface area contributed by atoms with Gasteiger partial charge in [-0.25, -0.2) is 13.1 Å². The Balaban J connectivity index is 2.14. The highest BCUT2D eigenvalue weighted by molar-refractivity contribution is 7.89. The Kier molecular flexibility index (Phi) is 5.75. The maximum absolute atomic E-state index is 12.5. The highest BCUT2D eigenvalue weighted by atomic mass is 32.2. The third kappa shape index (κ3) is 4.26. The summed E-state index contributed by atoms with van der Waals surface area (Å²) in [5.41, 5.74) is 7.24. The van der Waals surface area contributed by atoms with E-state index in [4.69, 9.17) is 10.5 Å². The van der Waals surface area contributed by atoms with Gasteiger partial charge in [0, 0.05) is 19.7 Å². The van der Waals surface area contributed by atoms with Gasteiger partial charge >= 0.3 is 0 Å². The second-order valence-corrected chi connectivity index (χ2v) is 7.08. The molecule has 0 aliphatic carbocycles. The first-order valence-corrected chi connectivity index (χ1v) is 8.98. The lowest BCUT2D eigenvalue weighted by Crippen LogP contribution is -2.35. The summed E-state index contributed by atoms with van der Waals surface area (Å²) in [6.07, 6.45) is 3.71. The lowest BCUT2D eigenvalue weighted by atomic mass is 10.1. The van der Waals surface area contributed by atoms with Crippen molar-refractivity contribution in [2.75, 3.05) is 13.2 Å². The Morgan fingerprint density at radius 3 is 2.81 bits per heavy atom. The van der Waals surface area contributed by atoms with E-state index < -0.39 is 10.0 Å². The molecule has 3 N–H and O–H groups in total. The summed E-state index contributed by atoms with van der Waals surface area (Å²) in [4.78, 5) is 0.337. The van der Waals surface area contributed by atoms with Crippen molar-refractivity contribution in [3.8, 4) is 0 Å². The molecule has 1 saturated heterocycles. The van der Waals surface area contributed by atoms with Crippen molar-refractivity contribution in [2.45, 2.75) is 50.2 Å². The van der Waals surface area contributed by atoms with Crippen LogP contribution in [0.15, 0.2) is 23.1 Å². The summed E-state index contributed by atoms with van der Waals surface area (Å²) in [6.45, 7) is 3.33. The molecule has 0 saturated carbocycles. The van der Waals surface area contributed by atoms with Crippen molar-refractivity contribution < 1.29 is 13.2 Å². The zero-order chi connectivity index (χ0) is 15.3. The number of hydrogen-bond donors (Lipinski definition) is 2. The number of ether oxygens (including phenoxy) is 1. The van der Waals surface area contributed by atoms with Crippen molar-refractivity contribution >= 4 is 10.0 Å². The molecular weight excluding hydrogens is 288 g/mol. The van der Waals surface area contributed by atoms with Crippen LogP contribution >= 0.6 is 0 Å². The largest absolute Gasteiger partial charge is 0.377 e. The van der Waals surface area contributed by atoms with Gasteiger partial charge < -0.3 is 10.5 Å². The van der Waals surface area contributed by atoms with Gasteiger partial charge in [-0.2, -0.15) is 0 Å². The number of nitrogens with one attached hydrogen (secondary N) is 1. The molecule has 1 aliphatic rings. The summed E-state index contributed by atoms with van der Waals surface area (Å²) in [5, 5.41) is 0. The van der Waals surface area contributed by atoms with Gasteiger partial charge in [0.1, 0.15) is 0 Å². The van der Waals surface area contributed by atoms with Gasteiger partial charge in [0.05, 0.1) is 11.0 Å². The van der Waals surface area contributed by atoms with Crippen LogP contribution in [0.1, 0.15) is 37.3 Å². The minimum Gasteiger partial charge on any atom is -0.377 e. The van der Waals surface area contributed by atoms with Crippen LogP contribution in [0.2, 0.25) is 0 Å². The molecule has 1 heterocycles. The minimum atomic E-state index is -3.52. The summed E-state index contributed by atoms with van der Waals surface area (Å²) in [6, 6.07) is 5.39. The van der Waals surface area contributed by atoms with Crippen molar-refractivity contribution in [2.24, 2.45) is 5.73 Å². The number of benzene rings is 1. The molecule has 5 nitrogen and oxygen atoms in total. The predicted octanol–water partition coefficient (Wildman–Crippen LogP) is 1.56. The van der Waals surface area contributed by atoms with E-state index in [-0.39, 0.29) is 6.10 Å². The van der Waals surface area contributed by atoms with Gasteiger partial charge in [0.15, 0.2) is 0 Å². The average Bonchev–Trinajstić information content (AvgIpc) is 2.53. The molecule has 0 radical (unpaired) electrons. The fourth-order valence-corrected chi connectivity index (χ4v) is 3.94. The molecule has 1 aromatic carbocycles. The highest BCUT2D eigenvalue weighted by Gasteiger charge is 2.21. The smallest absolute Gasteiger partial charge is 0.240 e. The molecule has 0 amide bonds. The Morgan fingerprint density at radius 1 is 1.38 bits per heavy atom. The van der Waals surface area contributed by atoms with Crippen LogP contribution in [0.5, 0.6) is 0 Å². The number of nitrogens with two attached hydrogens (primary N) is 1. The average molecular weight is 312 g/mol. The topological polar surface area (TPSA) is 81.4 Å². The fraction of sp³-hybridized carbons (Fsp3) is 0.600. The standard InChI is InChI=1S/C15H24N2O3S/c1-2-13-7-6-12(10-16)9-15(13)21(18,19)17-11-14-5-3-4-8-20-14/h6-7,9,14,17H,2-5,8,10-11,16H2,1H3. The first kappa shape index (κ1) is 16.4. The molecule has 6 heteroatoms. The van der Waals surface area contributed by atoms with E-state index >= 15 is 0 Å². The molecule has 1 aromatic rings. The summed E-state index contributed by atoms with van der Waals surface area (Å²) < 4.78 is 33.3. The normalized spacial score (nSPS) is 19.6. The van der Waals surface area contributed by atoms with Crippen LogP contribution in [-0.4, -0.2) is 27.7 Å². The van der Waals surface area contributed by atoms with Crippen LogP contribution in [0, 0.1) is 0 Å². The molecule has 0 aromatic heterocycles. The van der Waals surface area contributed by atoms with Crippen molar-refractivity contribution in [3.05, 3.63) is 29.3 Å². The van der Waals surface area contributed by atoms with Crippen LogP contribution in [0.3, 0.4) is 0 Å². The van der Waals surface area contributed by atoms with Crippen molar-refractivity contribution in [1.29, 1.82) is 0 Å². The molecule has 118 valence electrons. The Bertz CT molecular complexity index is 566. The predicted molar refractivity (Wildman–Crippen MR) is 82.5 cm³/mol. The molecule has 1 atom stereocenters. The summed E-state index contributed by atoms with van der Waals surface area (Å²) >= 11 is 0. The molecule has 1 aliphatic heterocycles. The third-order valence-corrected chi connectivity index (χ3v) is 5.32. The van der Waals surface area contributed by atoms with E-state index in [1.54, 1.807) is 6.07 Å². The van der Waals surface area contributed by atoms with E-state index in [0.717, 1.165) is 37.0 Å². The monoisotopic (exact) mass is 312 g/mol. The maximum Gasteiger partial charge on any atom is 0.240 e. The lowest BCUT2D eigenvalue weighted by molar-refractivity contribution is 0.0200. The molecule has 1 fully saturated rings. The minimum absolute atomic E-state index is 0.0173. The second-order valence-electron chi connectivity index (χ2n) is 5.34. The van der Waals surface area contributed by atoms with E-state index in [2.05, 4.69) is 4.72 Å². The summed E-state index contributed by atoms with van der Waals surface area (Å²) in [7, 11) is -3.52. The Morgan fingerprint density at radius 2 is 2.19 bits per heavy atom. The molecular formula is C15H24N2O3S. The zero-order valence-corrected chi connectivity index (χ0v) is 13.3. The zero-order valence-electron chi connectivity index (χ0n) is 12.5. The van der Waals surface area contributed by atoms with Gasteiger partial charge in [-0.15, -0.1) is 0 Å². The van der Waals surface area contributed by atoms with Gasteiger partial charge in [-0.05, 0) is 42.9 Å². The molecule has 2 rings (SSSR count). The summed E-state index contributed by atoms with van der Waals surface area (Å²) in [5.74, 6) is 0. The van der Waals surface area contributed by atoms with Gasteiger partial charge in [0.25, 0.3) is 0 Å². The first-order valence-electron chi connectivity index (χ1n) is 7.50. The fourth-order valence-electron chi connectivity index (χ4n) is 2.52. The van der Waals surface area contributed by atoms with Crippen LogP contribution in [0.25, 0.3) is 0 Å². The first-order chi connectivity index (χ1) is 10.1. The second kappa shape index (κ2) is 7.35. The lowest BCUT2D eigenvalue weighted by Gasteiger charge is -2.23. The van der Waals surface area contributed by atoms with Crippen molar-refractivity contribution in [1.82, 2.24) is 4.72 Å². The number of rotatable bonds is 6. The van der Waals surface area contributed by atoms with E-state index in [9.17, 15) is 8.42 Å². The number of aryl methyl sites for hydroxylation is 1. The van der Waals surface area contributed by atoms with Crippen LogP contribution in [0.4, 0.5) is 0 Å². The van der Waals surface area contributed by atoms with Crippen LogP contribution in [-0.2, 0) is 27.7 Å². The Hall–Kier alpha value is -0.950. The quantitative estimate of drug-likeness (QED) is 0.835. The highest BCUT2D eigenvalue weighted by Crippen LogP contribution is 2.19. The van der Waals surface area contributed by atoms with Crippen LogP contribution < -0.4 is 10.5 Å². The van der Waals surface area contributed by atoms with E-state index in [0.29, 0.717) is 24.4 Å². The van der Waals surface area contributed by atoms with Gasteiger partial charge in [-0.1, -0.05) is 19.1 Å². The number of hydrogen-bond acceptors (Lipinski definition) is 4. The van der Waals surface area contributed by atoms with Gasteiger partial charge in [0.2, 0.25) is 10.0 Å². The molecule has 0 spiro atoms. The number of sulfonamides is 1. The van der Waals surface area contributed by atoms with Gasteiger partial charge in [-0.3, -0.25) is 0 Å². The van der Waals surface area contributed by atoms with E-state index in [1.165, 1.54) is 0 Å².